The SMILES string of the molecule is Nc1nc(C(=NO)C(=O)N[C@@H]2C(=O)N3C(C(=O)O)=C(C=C4CCN(CC5CCNCC5)C4=O)CS[C@H]23)cs1.O=C(O)C(F)(F)F. The number of amides is 3. The summed E-state index contributed by atoms with van der Waals surface area (Å²) in [6.45, 7) is 3.18. The number of nitrogens with one attached hydrogen (secondary N) is 2. The number of carboxylic acids is 2. The first-order chi connectivity index (χ1) is 21.2. The van der Waals surface area contributed by atoms with Gasteiger partial charge in [0, 0.05) is 29.8 Å². The average molecular weight is 676 g/mol. The van der Waals surface area contributed by atoms with Crippen LogP contribution >= 0.6 is 23.1 Å². The molecule has 0 aliphatic carbocycles. The predicted octanol–water partition coefficient (Wildman–Crippen LogP) is 0.434. The summed E-state index contributed by atoms with van der Waals surface area (Å²) >= 11 is 2.34. The Morgan fingerprint density at radius 2 is 1.89 bits per heavy atom. The molecule has 3 fully saturated rings. The molecule has 5 rings (SSSR count). The number of fused-ring (bicyclic) bond motifs is 1. The maximum atomic E-state index is 13.0. The summed E-state index contributed by atoms with van der Waals surface area (Å²) < 4.78 is 31.7. The molecule has 3 saturated heterocycles. The Hall–Kier alpha value is -4.17. The number of nitrogens with zero attached hydrogens (tertiary/aromatic N) is 4. The van der Waals surface area contributed by atoms with Gasteiger partial charge >= 0.3 is 18.1 Å². The quantitative estimate of drug-likeness (QED) is 0.0761. The summed E-state index contributed by atoms with van der Waals surface area (Å²) in [5.74, 6) is -4.88. The van der Waals surface area contributed by atoms with Crippen molar-refractivity contribution in [2.45, 2.75) is 36.9 Å². The number of alkyl halides is 3. The number of β-lactam (4-membered cyclic amide) rings is 1. The number of nitrogens with two attached hydrogens (primary N) is 1. The zero-order chi connectivity index (χ0) is 33.1. The Morgan fingerprint density at radius 1 is 1.22 bits per heavy atom. The minimum atomic E-state index is -5.08. The number of allylic oxidation sites excluding steroid dienone is 1. The molecule has 1 aromatic rings. The molecule has 7 N–H and O–H groups in total. The van der Waals surface area contributed by atoms with Crippen molar-refractivity contribution in [1.82, 2.24) is 25.4 Å². The molecule has 0 bridgehead atoms. The Kier molecular flexibility index (Phi) is 10.4. The second-order valence-electron chi connectivity index (χ2n) is 10.2. The smallest absolute Gasteiger partial charge is 0.477 e. The molecule has 0 aromatic carbocycles. The summed E-state index contributed by atoms with van der Waals surface area (Å²) in [6, 6.07) is -1.02. The molecule has 3 amide bonds. The third-order valence-electron chi connectivity index (χ3n) is 7.31. The third-order valence-corrected chi connectivity index (χ3v) is 9.28. The number of rotatable bonds is 7. The van der Waals surface area contributed by atoms with Crippen molar-refractivity contribution >= 4 is 63.6 Å². The van der Waals surface area contributed by atoms with Crippen molar-refractivity contribution in [3.05, 3.63) is 34.0 Å². The van der Waals surface area contributed by atoms with Crippen LogP contribution in [0.4, 0.5) is 18.3 Å². The molecule has 2 atom stereocenters. The largest absolute Gasteiger partial charge is 0.490 e. The van der Waals surface area contributed by atoms with Crippen molar-refractivity contribution in [2.24, 2.45) is 11.1 Å². The lowest BCUT2D eigenvalue weighted by molar-refractivity contribution is -0.192. The number of hydrogen-bond acceptors (Lipinski definition) is 12. The van der Waals surface area contributed by atoms with Crippen molar-refractivity contribution in [2.75, 3.05) is 37.7 Å². The third kappa shape index (κ3) is 7.56. The summed E-state index contributed by atoms with van der Waals surface area (Å²) in [5, 5.41) is 36.2. The molecule has 0 radical (unpaired) electrons. The standard InChI is InChI=1S/C23H27N7O6S2.C2HF3O2/c24-23-26-14(10-38-23)15(28-36)18(31)27-16-20(33)30-17(22(34)35)13(9-37-21(16)30)7-12-3-6-29(19(12)32)8-11-1-4-25-5-2-11;3-2(4,5)1(6)7/h7,10-11,16,21,25,36H,1-6,8-9H2,(H2,24,26)(H,27,31)(H,34,35);(H,6,7)/t16-,21-;/m1./s1. The number of halogens is 3. The van der Waals surface area contributed by atoms with E-state index in [1.165, 1.54) is 17.1 Å². The molecule has 4 aliphatic heterocycles. The number of thiazole rings is 1. The van der Waals surface area contributed by atoms with Gasteiger partial charge in [-0.3, -0.25) is 19.3 Å². The molecule has 15 nitrogen and oxygen atoms in total. The highest BCUT2D eigenvalue weighted by molar-refractivity contribution is 8.00. The second kappa shape index (κ2) is 13.9. The number of carbonyl (C=O) groups is 5. The Bertz CT molecular complexity index is 1470. The number of carbonyl (C=O) groups excluding carboxylic acids is 3. The summed E-state index contributed by atoms with van der Waals surface area (Å²) in [4.78, 5) is 66.7. The van der Waals surface area contributed by atoms with E-state index in [-0.39, 0.29) is 28.2 Å². The van der Waals surface area contributed by atoms with Crippen LogP contribution in [0.25, 0.3) is 0 Å². The van der Waals surface area contributed by atoms with E-state index in [4.69, 9.17) is 15.6 Å². The van der Waals surface area contributed by atoms with Gasteiger partial charge in [-0.2, -0.15) is 13.2 Å². The van der Waals surface area contributed by atoms with Gasteiger partial charge in [-0.05, 0) is 49.9 Å². The van der Waals surface area contributed by atoms with Gasteiger partial charge in [0.15, 0.2) is 10.8 Å². The van der Waals surface area contributed by atoms with Crippen LogP contribution in [-0.4, -0.2) is 115 Å². The monoisotopic (exact) mass is 675 g/mol. The fourth-order valence-corrected chi connectivity index (χ4v) is 6.99. The fraction of sp³-hybridized carbons (Fsp3) is 0.480. The number of aliphatic carboxylic acids is 2. The van der Waals surface area contributed by atoms with Crippen LogP contribution < -0.4 is 16.4 Å². The molecular formula is C25H28F3N7O8S2. The molecule has 4 aliphatic rings. The molecule has 5 heterocycles. The van der Waals surface area contributed by atoms with Crippen LogP contribution in [0.2, 0.25) is 0 Å². The fourth-order valence-electron chi connectivity index (χ4n) is 5.13. The van der Waals surface area contributed by atoms with Gasteiger partial charge in [0.25, 0.3) is 11.8 Å². The number of nitrogen functional groups attached to an aromatic ring is 1. The molecule has 0 saturated carbocycles. The molecule has 0 unspecified atom stereocenters. The molecule has 45 heavy (non-hydrogen) atoms. The van der Waals surface area contributed by atoms with E-state index >= 15 is 0 Å². The number of thioether (sulfide) groups is 1. The maximum absolute atomic E-state index is 13.0. The lowest BCUT2D eigenvalue weighted by Gasteiger charge is -2.49. The second-order valence-corrected chi connectivity index (χ2v) is 12.2. The van der Waals surface area contributed by atoms with Crippen LogP contribution in [0.1, 0.15) is 25.0 Å². The minimum Gasteiger partial charge on any atom is -0.477 e. The molecule has 0 spiro atoms. The first-order valence-corrected chi connectivity index (χ1v) is 15.3. The molecular weight excluding hydrogens is 647 g/mol. The normalized spacial score (nSPS) is 23.4. The van der Waals surface area contributed by atoms with Crippen LogP contribution in [0.15, 0.2) is 33.5 Å². The average Bonchev–Trinajstić information content (AvgIpc) is 3.56. The highest BCUT2D eigenvalue weighted by Gasteiger charge is 2.54. The number of aromatic nitrogens is 1. The maximum Gasteiger partial charge on any atom is 0.490 e. The Morgan fingerprint density at radius 3 is 2.44 bits per heavy atom. The van der Waals surface area contributed by atoms with Gasteiger partial charge in [0.2, 0.25) is 5.91 Å². The zero-order valence-electron chi connectivity index (χ0n) is 23.2. The summed E-state index contributed by atoms with van der Waals surface area (Å²) in [6.07, 6.45) is -0.911. The molecule has 1 aromatic heterocycles. The van der Waals surface area contributed by atoms with E-state index in [0.717, 1.165) is 42.2 Å². The predicted molar refractivity (Wildman–Crippen MR) is 153 cm³/mol. The van der Waals surface area contributed by atoms with Crippen LogP contribution in [-0.2, 0) is 24.0 Å². The Labute approximate surface area is 261 Å². The van der Waals surface area contributed by atoms with Gasteiger partial charge in [0.1, 0.15) is 22.8 Å². The molecule has 20 heteroatoms. The van der Waals surface area contributed by atoms with Crippen molar-refractivity contribution < 1.29 is 52.6 Å². The first-order valence-electron chi connectivity index (χ1n) is 13.4. The van der Waals surface area contributed by atoms with Gasteiger partial charge in [-0.25, -0.2) is 14.6 Å². The van der Waals surface area contributed by atoms with Crippen molar-refractivity contribution in [3.63, 3.8) is 0 Å². The van der Waals surface area contributed by atoms with E-state index in [9.17, 15) is 42.7 Å². The lowest BCUT2D eigenvalue weighted by atomic mass is 9.97. The van der Waals surface area contributed by atoms with E-state index in [0.29, 0.717) is 36.6 Å². The van der Waals surface area contributed by atoms with Gasteiger partial charge in [0.05, 0.1) is 0 Å². The zero-order valence-corrected chi connectivity index (χ0v) is 24.9. The van der Waals surface area contributed by atoms with E-state index in [1.807, 2.05) is 4.90 Å². The molecule has 244 valence electrons. The summed E-state index contributed by atoms with van der Waals surface area (Å²) in [7, 11) is 0. The number of anilines is 1. The number of carboxylic acid groups (broad SMARTS) is 2. The van der Waals surface area contributed by atoms with Gasteiger partial charge in [-0.1, -0.05) is 5.16 Å². The first kappa shape index (κ1) is 33.7. The van der Waals surface area contributed by atoms with E-state index in [1.54, 1.807) is 6.08 Å². The highest BCUT2D eigenvalue weighted by Crippen LogP contribution is 2.41. The Balaban J connectivity index is 0.000000591. The number of piperidine rings is 1. The highest BCUT2D eigenvalue weighted by atomic mass is 32.2. The lowest BCUT2D eigenvalue weighted by Crippen LogP contribution is -2.71. The van der Waals surface area contributed by atoms with Crippen LogP contribution in [0.3, 0.4) is 0 Å². The van der Waals surface area contributed by atoms with Crippen LogP contribution in [0.5, 0.6) is 0 Å². The van der Waals surface area contributed by atoms with E-state index in [2.05, 4.69) is 20.8 Å². The van der Waals surface area contributed by atoms with E-state index < -0.39 is 47.1 Å². The number of hydrogen-bond donors (Lipinski definition) is 6. The van der Waals surface area contributed by atoms with Gasteiger partial charge in [-0.15, -0.1) is 23.1 Å². The number of oxime groups is 1. The summed E-state index contributed by atoms with van der Waals surface area (Å²) in [5.41, 5.74) is 5.97. The number of likely N-dealkylation sites (tertiary alicyclic amines) is 1. The van der Waals surface area contributed by atoms with Crippen molar-refractivity contribution in [1.29, 1.82) is 0 Å². The topological polar surface area (TPSA) is 228 Å². The van der Waals surface area contributed by atoms with Crippen molar-refractivity contribution in [3.8, 4) is 0 Å². The van der Waals surface area contributed by atoms with Gasteiger partial charge < -0.3 is 36.7 Å². The van der Waals surface area contributed by atoms with Crippen LogP contribution in [0, 0.1) is 5.92 Å². The minimum absolute atomic E-state index is 0.0582.